The smallest absolute Gasteiger partial charge is 0.225 e. The molecule has 1 unspecified atom stereocenters. The summed E-state index contributed by atoms with van der Waals surface area (Å²) in [6.07, 6.45) is 3.48. The fourth-order valence-electron chi connectivity index (χ4n) is 3.15. The van der Waals surface area contributed by atoms with Gasteiger partial charge in [0.25, 0.3) is 0 Å². The molecule has 1 amide bonds. The van der Waals surface area contributed by atoms with E-state index in [2.05, 4.69) is 5.32 Å². The number of halogens is 1. The second-order valence-electron chi connectivity index (χ2n) is 6.36. The molecule has 22 heavy (non-hydrogen) atoms. The van der Waals surface area contributed by atoms with Gasteiger partial charge in [0.05, 0.1) is 0 Å². The van der Waals surface area contributed by atoms with Crippen molar-refractivity contribution in [2.75, 3.05) is 26.7 Å². The Morgan fingerprint density at radius 3 is 2.68 bits per heavy atom. The van der Waals surface area contributed by atoms with Crippen LogP contribution in [-0.2, 0) is 11.2 Å². The number of carbonyl (C=O) groups is 1. The largest absolute Gasteiger partial charge is 0.342 e. The van der Waals surface area contributed by atoms with Crippen LogP contribution < -0.4 is 5.32 Å². The molecule has 4 heteroatoms. The number of hydrogen-bond donors (Lipinski definition) is 1. The zero-order chi connectivity index (χ0) is 15.9. The SMILES string of the molecule is CNCC1CCN(C(=O)C(C)CCc2ccccc2F)CC1. The summed E-state index contributed by atoms with van der Waals surface area (Å²) in [6, 6.07) is 6.82. The molecule has 1 atom stereocenters. The molecular formula is C18H27FN2O. The van der Waals surface area contributed by atoms with Crippen LogP contribution in [0.15, 0.2) is 24.3 Å². The van der Waals surface area contributed by atoms with E-state index in [1.807, 2.05) is 24.9 Å². The number of rotatable bonds is 6. The standard InChI is InChI=1S/C18H27FN2O/c1-14(7-8-16-5-3-4-6-17(16)19)18(22)21-11-9-15(10-12-21)13-20-2/h3-6,14-15,20H,7-13H2,1-2H3. The number of benzene rings is 1. The quantitative estimate of drug-likeness (QED) is 0.876. The van der Waals surface area contributed by atoms with Gasteiger partial charge >= 0.3 is 0 Å². The van der Waals surface area contributed by atoms with Gasteiger partial charge in [-0.3, -0.25) is 4.79 Å². The zero-order valence-electron chi connectivity index (χ0n) is 13.6. The number of amides is 1. The van der Waals surface area contributed by atoms with Crippen molar-refractivity contribution in [2.45, 2.75) is 32.6 Å². The van der Waals surface area contributed by atoms with E-state index in [4.69, 9.17) is 0 Å². The predicted octanol–water partition coefficient (Wildman–Crippen LogP) is 2.85. The maximum absolute atomic E-state index is 13.6. The molecule has 1 aromatic rings. The maximum atomic E-state index is 13.6. The van der Waals surface area contributed by atoms with Crippen LogP contribution in [0.25, 0.3) is 0 Å². The van der Waals surface area contributed by atoms with Gasteiger partial charge in [0, 0.05) is 19.0 Å². The van der Waals surface area contributed by atoms with E-state index in [0.717, 1.165) is 32.5 Å². The average molecular weight is 306 g/mol. The van der Waals surface area contributed by atoms with Gasteiger partial charge in [-0.1, -0.05) is 25.1 Å². The van der Waals surface area contributed by atoms with Crippen LogP contribution in [0, 0.1) is 17.7 Å². The number of hydrogen-bond acceptors (Lipinski definition) is 2. The first-order chi connectivity index (χ1) is 10.6. The first-order valence-corrected chi connectivity index (χ1v) is 8.28. The average Bonchev–Trinajstić information content (AvgIpc) is 2.54. The molecule has 1 fully saturated rings. The lowest BCUT2D eigenvalue weighted by molar-refractivity contribution is -0.136. The van der Waals surface area contributed by atoms with Gasteiger partial charge in [0.2, 0.25) is 5.91 Å². The number of nitrogens with zero attached hydrogens (tertiary/aromatic N) is 1. The Morgan fingerprint density at radius 2 is 2.05 bits per heavy atom. The van der Waals surface area contributed by atoms with E-state index in [9.17, 15) is 9.18 Å². The molecular weight excluding hydrogens is 279 g/mol. The van der Waals surface area contributed by atoms with E-state index in [1.165, 1.54) is 6.07 Å². The highest BCUT2D eigenvalue weighted by Gasteiger charge is 2.25. The van der Waals surface area contributed by atoms with Crippen molar-refractivity contribution >= 4 is 5.91 Å². The molecule has 0 spiro atoms. The molecule has 0 saturated carbocycles. The third-order valence-corrected chi connectivity index (χ3v) is 4.65. The topological polar surface area (TPSA) is 32.3 Å². The minimum Gasteiger partial charge on any atom is -0.342 e. The zero-order valence-corrected chi connectivity index (χ0v) is 13.6. The van der Waals surface area contributed by atoms with Crippen molar-refractivity contribution in [2.24, 2.45) is 11.8 Å². The molecule has 0 aromatic heterocycles. The van der Waals surface area contributed by atoms with Gasteiger partial charge in [0.1, 0.15) is 5.82 Å². The van der Waals surface area contributed by atoms with Gasteiger partial charge in [-0.25, -0.2) is 4.39 Å². The molecule has 1 saturated heterocycles. The fourth-order valence-corrected chi connectivity index (χ4v) is 3.15. The summed E-state index contributed by atoms with van der Waals surface area (Å²) in [4.78, 5) is 14.5. The number of carbonyl (C=O) groups excluding carboxylic acids is 1. The van der Waals surface area contributed by atoms with E-state index >= 15 is 0 Å². The maximum Gasteiger partial charge on any atom is 0.225 e. The molecule has 0 bridgehead atoms. The summed E-state index contributed by atoms with van der Waals surface area (Å²) in [5.41, 5.74) is 0.704. The predicted molar refractivity (Wildman–Crippen MR) is 87.1 cm³/mol. The van der Waals surface area contributed by atoms with Crippen molar-refractivity contribution in [1.29, 1.82) is 0 Å². The first-order valence-electron chi connectivity index (χ1n) is 8.28. The van der Waals surface area contributed by atoms with Crippen molar-refractivity contribution in [3.8, 4) is 0 Å². The Labute approximate surface area is 132 Å². The summed E-state index contributed by atoms with van der Waals surface area (Å²) >= 11 is 0. The summed E-state index contributed by atoms with van der Waals surface area (Å²) in [5, 5.41) is 3.21. The van der Waals surface area contributed by atoms with Crippen LogP contribution in [0.5, 0.6) is 0 Å². The lowest BCUT2D eigenvalue weighted by Gasteiger charge is -2.33. The van der Waals surface area contributed by atoms with Crippen LogP contribution in [0.1, 0.15) is 31.7 Å². The third-order valence-electron chi connectivity index (χ3n) is 4.65. The van der Waals surface area contributed by atoms with Crippen molar-refractivity contribution in [3.63, 3.8) is 0 Å². The minimum absolute atomic E-state index is 0.0412. The van der Waals surface area contributed by atoms with Gasteiger partial charge < -0.3 is 10.2 Å². The molecule has 1 aliphatic heterocycles. The van der Waals surface area contributed by atoms with Crippen LogP contribution in [-0.4, -0.2) is 37.5 Å². The molecule has 122 valence electrons. The molecule has 0 radical (unpaired) electrons. The molecule has 1 aromatic carbocycles. The Morgan fingerprint density at radius 1 is 1.36 bits per heavy atom. The number of likely N-dealkylation sites (tertiary alicyclic amines) is 1. The van der Waals surface area contributed by atoms with Crippen LogP contribution in [0.2, 0.25) is 0 Å². The van der Waals surface area contributed by atoms with E-state index < -0.39 is 0 Å². The van der Waals surface area contributed by atoms with Crippen molar-refractivity contribution in [3.05, 3.63) is 35.6 Å². The number of aryl methyl sites for hydroxylation is 1. The Balaban J connectivity index is 1.79. The summed E-state index contributed by atoms with van der Waals surface area (Å²) in [6.45, 7) is 4.71. The first kappa shape index (κ1) is 16.9. The van der Waals surface area contributed by atoms with Gasteiger partial charge in [-0.15, -0.1) is 0 Å². The lowest BCUT2D eigenvalue weighted by Crippen LogP contribution is -2.42. The minimum atomic E-state index is -0.171. The van der Waals surface area contributed by atoms with E-state index in [-0.39, 0.29) is 17.6 Å². The monoisotopic (exact) mass is 306 g/mol. The number of nitrogens with one attached hydrogen (secondary N) is 1. The Hall–Kier alpha value is -1.42. The van der Waals surface area contributed by atoms with Gasteiger partial charge in [-0.2, -0.15) is 0 Å². The summed E-state index contributed by atoms with van der Waals surface area (Å²) in [7, 11) is 1.97. The highest BCUT2D eigenvalue weighted by atomic mass is 19.1. The lowest BCUT2D eigenvalue weighted by atomic mass is 9.94. The van der Waals surface area contributed by atoms with Crippen molar-refractivity contribution in [1.82, 2.24) is 10.2 Å². The second-order valence-corrected chi connectivity index (χ2v) is 6.36. The Bertz CT molecular complexity index is 484. The van der Waals surface area contributed by atoms with E-state index in [1.54, 1.807) is 12.1 Å². The molecule has 2 rings (SSSR count). The van der Waals surface area contributed by atoms with Gasteiger partial charge in [-0.05, 0) is 56.8 Å². The third kappa shape index (κ3) is 4.54. The molecule has 3 nitrogen and oxygen atoms in total. The van der Waals surface area contributed by atoms with Crippen LogP contribution >= 0.6 is 0 Å². The highest BCUT2D eigenvalue weighted by Crippen LogP contribution is 2.20. The molecule has 0 aliphatic carbocycles. The van der Waals surface area contributed by atoms with Crippen LogP contribution in [0.3, 0.4) is 0 Å². The van der Waals surface area contributed by atoms with Crippen LogP contribution in [0.4, 0.5) is 4.39 Å². The Kier molecular flexibility index (Phi) is 6.37. The fraction of sp³-hybridized carbons (Fsp3) is 0.611. The molecule has 1 aliphatic rings. The molecule has 1 N–H and O–H groups in total. The highest BCUT2D eigenvalue weighted by molar-refractivity contribution is 5.78. The number of piperidine rings is 1. The summed E-state index contributed by atoms with van der Waals surface area (Å²) < 4.78 is 13.6. The van der Waals surface area contributed by atoms with Gasteiger partial charge in [0.15, 0.2) is 0 Å². The van der Waals surface area contributed by atoms with Crippen molar-refractivity contribution < 1.29 is 9.18 Å². The second kappa shape index (κ2) is 8.28. The van der Waals surface area contributed by atoms with E-state index in [0.29, 0.717) is 24.3 Å². The molecule has 1 heterocycles. The summed E-state index contributed by atoms with van der Waals surface area (Å²) in [5.74, 6) is 0.692. The normalized spacial score (nSPS) is 17.5.